The molecular weight excluding hydrogens is 226 g/mol. The average Bonchev–Trinajstić information content (AvgIpc) is 2.37. The SMILES string of the molecule is CCC(=O)c1ccc(N2C[C@@H](C)O[C@@H](C)C2)cc1. The normalized spacial score (nSPS) is 24.1. The van der Waals surface area contributed by atoms with Crippen molar-refractivity contribution in [2.24, 2.45) is 0 Å². The van der Waals surface area contributed by atoms with Crippen molar-refractivity contribution in [2.75, 3.05) is 18.0 Å². The van der Waals surface area contributed by atoms with Gasteiger partial charge in [0.1, 0.15) is 0 Å². The van der Waals surface area contributed by atoms with E-state index in [0.717, 1.165) is 18.7 Å². The van der Waals surface area contributed by atoms with Crippen LogP contribution < -0.4 is 4.90 Å². The van der Waals surface area contributed by atoms with Crippen LogP contribution in [-0.4, -0.2) is 31.1 Å². The van der Waals surface area contributed by atoms with Gasteiger partial charge in [-0.15, -0.1) is 0 Å². The third-order valence-corrected chi connectivity index (χ3v) is 3.30. The Morgan fingerprint density at radius 3 is 2.28 bits per heavy atom. The van der Waals surface area contributed by atoms with E-state index in [9.17, 15) is 4.79 Å². The third-order valence-electron chi connectivity index (χ3n) is 3.30. The van der Waals surface area contributed by atoms with Crippen molar-refractivity contribution >= 4 is 11.5 Å². The number of carbonyl (C=O) groups is 1. The van der Waals surface area contributed by atoms with E-state index in [1.807, 2.05) is 31.2 Å². The number of Topliss-reactive ketones (excluding diaryl/α,β-unsaturated/α-hetero) is 1. The Morgan fingerprint density at radius 1 is 1.22 bits per heavy atom. The van der Waals surface area contributed by atoms with Gasteiger partial charge in [0.05, 0.1) is 12.2 Å². The zero-order chi connectivity index (χ0) is 13.1. The Morgan fingerprint density at radius 2 is 1.78 bits per heavy atom. The van der Waals surface area contributed by atoms with Gasteiger partial charge >= 0.3 is 0 Å². The fourth-order valence-electron chi connectivity index (χ4n) is 2.45. The number of benzene rings is 1. The molecule has 0 aromatic heterocycles. The summed E-state index contributed by atoms with van der Waals surface area (Å²) in [6.45, 7) is 7.90. The lowest BCUT2D eigenvalue weighted by molar-refractivity contribution is -0.00522. The molecule has 3 nitrogen and oxygen atoms in total. The van der Waals surface area contributed by atoms with Crippen LogP contribution in [0.1, 0.15) is 37.6 Å². The highest BCUT2D eigenvalue weighted by Crippen LogP contribution is 2.21. The second-order valence-corrected chi connectivity index (χ2v) is 4.99. The molecule has 0 radical (unpaired) electrons. The van der Waals surface area contributed by atoms with Crippen LogP contribution in [-0.2, 0) is 4.74 Å². The number of hydrogen-bond acceptors (Lipinski definition) is 3. The minimum atomic E-state index is 0.199. The minimum absolute atomic E-state index is 0.199. The summed E-state index contributed by atoms with van der Waals surface area (Å²) >= 11 is 0. The first-order valence-electron chi connectivity index (χ1n) is 6.63. The van der Waals surface area contributed by atoms with E-state index in [2.05, 4.69) is 18.7 Å². The molecule has 0 N–H and O–H groups in total. The van der Waals surface area contributed by atoms with Crippen LogP contribution in [0.15, 0.2) is 24.3 Å². The Kier molecular flexibility index (Phi) is 4.02. The van der Waals surface area contributed by atoms with E-state index in [1.54, 1.807) is 0 Å². The number of anilines is 1. The van der Waals surface area contributed by atoms with Gasteiger partial charge in [0.2, 0.25) is 0 Å². The first-order valence-corrected chi connectivity index (χ1v) is 6.63. The molecule has 0 bridgehead atoms. The number of ketones is 1. The molecule has 2 rings (SSSR count). The lowest BCUT2D eigenvalue weighted by Gasteiger charge is -2.36. The number of carbonyl (C=O) groups excluding carboxylic acids is 1. The largest absolute Gasteiger partial charge is 0.372 e. The van der Waals surface area contributed by atoms with Crippen molar-refractivity contribution in [3.63, 3.8) is 0 Å². The van der Waals surface area contributed by atoms with Crippen LogP contribution in [0.3, 0.4) is 0 Å². The molecule has 98 valence electrons. The summed E-state index contributed by atoms with van der Waals surface area (Å²) in [5, 5.41) is 0. The number of hydrogen-bond donors (Lipinski definition) is 0. The van der Waals surface area contributed by atoms with Crippen molar-refractivity contribution in [2.45, 2.75) is 39.4 Å². The maximum atomic E-state index is 11.6. The number of ether oxygens (including phenoxy) is 1. The van der Waals surface area contributed by atoms with Gasteiger partial charge in [-0.2, -0.15) is 0 Å². The monoisotopic (exact) mass is 247 g/mol. The first kappa shape index (κ1) is 13.1. The molecule has 0 amide bonds. The standard InChI is InChI=1S/C15H21NO2/c1-4-15(17)13-5-7-14(8-6-13)16-9-11(2)18-12(3)10-16/h5-8,11-12H,4,9-10H2,1-3H3/t11-,12+. The van der Waals surface area contributed by atoms with Crippen LogP contribution in [0, 0.1) is 0 Å². The zero-order valence-corrected chi connectivity index (χ0v) is 11.3. The second kappa shape index (κ2) is 5.53. The van der Waals surface area contributed by atoms with Crippen LogP contribution in [0.2, 0.25) is 0 Å². The van der Waals surface area contributed by atoms with Crippen molar-refractivity contribution in [3.05, 3.63) is 29.8 Å². The molecule has 1 aliphatic heterocycles. The molecule has 18 heavy (non-hydrogen) atoms. The highest BCUT2D eigenvalue weighted by molar-refractivity contribution is 5.96. The predicted octanol–water partition coefficient (Wildman–Crippen LogP) is 2.89. The molecule has 1 heterocycles. The summed E-state index contributed by atoms with van der Waals surface area (Å²) in [7, 11) is 0. The van der Waals surface area contributed by atoms with Crippen molar-refractivity contribution in [3.8, 4) is 0 Å². The molecule has 1 saturated heterocycles. The zero-order valence-electron chi connectivity index (χ0n) is 11.3. The topological polar surface area (TPSA) is 29.5 Å². The second-order valence-electron chi connectivity index (χ2n) is 4.99. The van der Waals surface area contributed by atoms with Crippen LogP contribution >= 0.6 is 0 Å². The van der Waals surface area contributed by atoms with Crippen molar-refractivity contribution in [1.29, 1.82) is 0 Å². The fraction of sp³-hybridized carbons (Fsp3) is 0.533. The Labute approximate surface area is 109 Å². The smallest absolute Gasteiger partial charge is 0.162 e. The van der Waals surface area contributed by atoms with E-state index >= 15 is 0 Å². The molecule has 1 aromatic carbocycles. The number of rotatable bonds is 3. The minimum Gasteiger partial charge on any atom is -0.372 e. The lowest BCUT2D eigenvalue weighted by atomic mass is 10.1. The third kappa shape index (κ3) is 2.91. The fourth-order valence-corrected chi connectivity index (χ4v) is 2.45. The van der Waals surface area contributed by atoms with E-state index in [-0.39, 0.29) is 18.0 Å². The molecule has 1 aliphatic rings. The van der Waals surface area contributed by atoms with Crippen LogP contribution in [0.4, 0.5) is 5.69 Å². The highest BCUT2D eigenvalue weighted by atomic mass is 16.5. The van der Waals surface area contributed by atoms with E-state index < -0.39 is 0 Å². The Balaban J connectivity index is 2.11. The van der Waals surface area contributed by atoms with Crippen LogP contribution in [0.25, 0.3) is 0 Å². The lowest BCUT2D eigenvalue weighted by Crippen LogP contribution is -2.45. The number of nitrogens with zero attached hydrogens (tertiary/aromatic N) is 1. The van der Waals surface area contributed by atoms with Crippen molar-refractivity contribution in [1.82, 2.24) is 0 Å². The molecular formula is C15H21NO2. The van der Waals surface area contributed by atoms with Gasteiger partial charge in [-0.1, -0.05) is 6.92 Å². The molecule has 3 heteroatoms. The highest BCUT2D eigenvalue weighted by Gasteiger charge is 2.22. The summed E-state index contributed by atoms with van der Waals surface area (Å²) in [5.41, 5.74) is 1.97. The van der Waals surface area contributed by atoms with E-state index in [0.29, 0.717) is 6.42 Å². The maximum Gasteiger partial charge on any atom is 0.162 e. The summed E-state index contributed by atoms with van der Waals surface area (Å²) < 4.78 is 5.72. The predicted molar refractivity (Wildman–Crippen MR) is 73.3 cm³/mol. The summed E-state index contributed by atoms with van der Waals surface area (Å²) in [6, 6.07) is 7.92. The van der Waals surface area contributed by atoms with Gasteiger partial charge in [0.25, 0.3) is 0 Å². The Hall–Kier alpha value is -1.35. The summed E-state index contributed by atoms with van der Waals surface area (Å²) in [4.78, 5) is 13.9. The quantitative estimate of drug-likeness (QED) is 0.769. The van der Waals surface area contributed by atoms with Gasteiger partial charge in [-0.3, -0.25) is 4.79 Å². The van der Waals surface area contributed by atoms with Crippen molar-refractivity contribution < 1.29 is 9.53 Å². The van der Waals surface area contributed by atoms with E-state index in [1.165, 1.54) is 5.69 Å². The van der Waals surface area contributed by atoms with Crippen LogP contribution in [0.5, 0.6) is 0 Å². The van der Waals surface area contributed by atoms with E-state index in [4.69, 9.17) is 4.74 Å². The number of morpholine rings is 1. The van der Waals surface area contributed by atoms with Gasteiger partial charge in [0.15, 0.2) is 5.78 Å². The maximum absolute atomic E-state index is 11.6. The first-order chi connectivity index (χ1) is 8.60. The van der Waals surface area contributed by atoms with Gasteiger partial charge in [-0.05, 0) is 38.1 Å². The summed E-state index contributed by atoms with van der Waals surface area (Å²) in [5.74, 6) is 0.199. The van der Waals surface area contributed by atoms with Gasteiger partial charge < -0.3 is 9.64 Å². The average molecular weight is 247 g/mol. The molecule has 1 aromatic rings. The van der Waals surface area contributed by atoms with Gasteiger partial charge in [0, 0.05) is 30.8 Å². The van der Waals surface area contributed by atoms with Gasteiger partial charge in [-0.25, -0.2) is 0 Å². The Bertz CT molecular complexity index is 403. The molecule has 2 atom stereocenters. The molecule has 1 fully saturated rings. The molecule has 0 spiro atoms. The molecule has 0 unspecified atom stereocenters. The molecule has 0 saturated carbocycles. The summed E-state index contributed by atoms with van der Waals surface area (Å²) in [6.07, 6.45) is 1.07. The molecule has 0 aliphatic carbocycles.